The van der Waals surface area contributed by atoms with E-state index in [1.807, 2.05) is 12.1 Å². The zero-order valence-electron chi connectivity index (χ0n) is 13.8. The number of hydrogen-bond acceptors (Lipinski definition) is 3. The molecule has 3 heterocycles. The third-order valence-electron chi connectivity index (χ3n) is 5.09. The van der Waals surface area contributed by atoms with Crippen LogP contribution < -0.4 is 5.32 Å². The standard InChI is InChI=1S/C18H23ClN4/c1-12-5-6-14(19)10-16(12)23-18-15(7-8-20-18)17(21-23)13-4-3-9-22(2)11-13/h5-6,10,13,20H,3-4,7-9,11H2,1-2H3. The Kier molecular flexibility index (Phi) is 3.82. The summed E-state index contributed by atoms with van der Waals surface area (Å²) in [6.45, 7) is 5.42. The van der Waals surface area contributed by atoms with Crippen LogP contribution in [0.1, 0.15) is 35.6 Å². The van der Waals surface area contributed by atoms with Crippen LogP contribution in [0.3, 0.4) is 0 Å². The summed E-state index contributed by atoms with van der Waals surface area (Å²) in [5.41, 5.74) is 4.97. The molecule has 1 unspecified atom stereocenters. The molecule has 1 fully saturated rings. The molecule has 1 aromatic heterocycles. The first-order valence-corrected chi connectivity index (χ1v) is 8.82. The highest BCUT2D eigenvalue weighted by Crippen LogP contribution is 2.36. The number of nitrogens with zero attached hydrogens (tertiary/aromatic N) is 3. The monoisotopic (exact) mass is 330 g/mol. The number of rotatable bonds is 2. The fourth-order valence-corrected chi connectivity index (χ4v) is 4.07. The molecular formula is C18H23ClN4. The molecule has 1 atom stereocenters. The van der Waals surface area contributed by atoms with E-state index in [9.17, 15) is 0 Å². The van der Waals surface area contributed by atoms with E-state index < -0.39 is 0 Å². The molecule has 0 radical (unpaired) electrons. The summed E-state index contributed by atoms with van der Waals surface area (Å²) in [7, 11) is 2.21. The van der Waals surface area contributed by atoms with Crippen LogP contribution in [0.15, 0.2) is 18.2 Å². The topological polar surface area (TPSA) is 33.1 Å². The Bertz CT molecular complexity index is 737. The van der Waals surface area contributed by atoms with Crippen molar-refractivity contribution in [3.05, 3.63) is 40.0 Å². The molecule has 1 N–H and O–H groups in total. The Morgan fingerprint density at radius 1 is 1.35 bits per heavy atom. The minimum Gasteiger partial charge on any atom is -0.369 e. The maximum Gasteiger partial charge on any atom is 0.133 e. The molecule has 0 saturated carbocycles. The van der Waals surface area contributed by atoms with Crippen molar-refractivity contribution in [1.82, 2.24) is 14.7 Å². The van der Waals surface area contributed by atoms with Crippen molar-refractivity contribution in [2.24, 2.45) is 0 Å². The molecule has 2 aliphatic rings. The van der Waals surface area contributed by atoms with Gasteiger partial charge in [0.2, 0.25) is 0 Å². The Morgan fingerprint density at radius 2 is 2.22 bits per heavy atom. The number of nitrogens with one attached hydrogen (secondary N) is 1. The highest BCUT2D eigenvalue weighted by molar-refractivity contribution is 6.30. The maximum absolute atomic E-state index is 6.22. The van der Waals surface area contributed by atoms with Gasteiger partial charge in [-0.15, -0.1) is 0 Å². The molecule has 4 nitrogen and oxygen atoms in total. The highest BCUT2D eigenvalue weighted by Gasteiger charge is 2.30. The second kappa shape index (κ2) is 5.84. The predicted molar refractivity (Wildman–Crippen MR) is 95.0 cm³/mol. The molecule has 2 aromatic rings. The molecule has 0 amide bonds. The van der Waals surface area contributed by atoms with Crippen LogP contribution in [0.25, 0.3) is 5.69 Å². The first kappa shape index (κ1) is 15.0. The summed E-state index contributed by atoms with van der Waals surface area (Å²) in [5, 5.41) is 9.32. The van der Waals surface area contributed by atoms with Crippen molar-refractivity contribution in [2.45, 2.75) is 32.1 Å². The number of aromatic nitrogens is 2. The van der Waals surface area contributed by atoms with Crippen LogP contribution in [0, 0.1) is 6.92 Å². The van der Waals surface area contributed by atoms with Crippen molar-refractivity contribution in [3.63, 3.8) is 0 Å². The van der Waals surface area contributed by atoms with Gasteiger partial charge in [-0.05, 0) is 57.5 Å². The van der Waals surface area contributed by atoms with Gasteiger partial charge in [-0.3, -0.25) is 0 Å². The average molecular weight is 331 g/mol. The van der Waals surface area contributed by atoms with Gasteiger partial charge in [0.15, 0.2) is 0 Å². The van der Waals surface area contributed by atoms with Crippen molar-refractivity contribution < 1.29 is 0 Å². The number of benzene rings is 1. The zero-order chi connectivity index (χ0) is 16.0. The van der Waals surface area contributed by atoms with E-state index in [-0.39, 0.29) is 0 Å². The number of anilines is 1. The lowest BCUT2D eigenvalue weighted by Crippen LogP contribution is -2.31. The minimum atomic E-state index is 0.545. The van der Waals surface area contributed by atoms with Gasteiger partial charge in [0.1, 0.15) is 5.82 Å². The van der Waals surface area contributed by atoms with Crippen LogP contribution in [0.5, 0.6) is 0 Å². The van der Waals surface area contributed by atoms with Crippen molar-refractivity contribution in [3.8, 4) is 5.69 Å². The Morgan fingerprint density at radius 3 is 3.04 bits per heavy atom. The maximum atomic E-state index is 6.22. The lowest BCUT2D eigenvalue weighted by atomic mass is 9.92. The molecule has 4 rings (SSSR count). The molecule has 23 heavy (non-hydrogen) atoms. The Balaban J connectivity index is 1.80. The normalized spacial score (nSPS) is 21.3. The van der Waals surface area contributed by atoms with Gasteiger partial charge in [-0.2, -0.15) is 5.10 Å². The summed E-state index contributed by atoms with van der Waals surface area (Å²) in [4.78, 5) is 2.42. The Labute approximate surface area is 142 Å². The average Bonchev–Trinajstić information content (AvgIpc) is 3.12. The van der Waals surface area contributed by atoms with Gasteiger partial charge in [0, 0.05) is 29.6 Å². The fraction of sp³-hybridized carbons (Fsp3) is 0.500. The summed E-state index contributed by atoms with van der Waals surface area (Å²) >= 11 is 6.22. The fourth-order valence-electron chi connectivity index (χ4n) is 3.90. The molecule has 5 heteroatoms. The van der Waals surface area contributed by atoms with Crippen LogP contribution >= 0.6 is 11.6 Å². The smallest absolute Gasteiger partial charge is 0.133 e. The summed E-state index contributed by atoms with van der Waals surface area (Å²) in [6.07, 6.45) is 3.57. The van der Waals surface area contributed by atoms with Crippen LogP contribution in [0.2, 0.25) is 5.02 Å². The lowest BCUT2D eigenvalue weighted by molar-refractivity contribution is 0.247. The molecule has 0 aliphatic carbocycles. The van der Waals surface area contributed by atoms with E-state index in [0.29, 0.717) is 5.92 Å². The first-order chi connectivity index (χ1) is 11.1. The van der Waals surface area contributed by atoms with E-state index in [4.69, 9.17) is 16.7 Å². The van der Waals surface area contributed by atoms with Crippen LogP contribution in [-0.4, -0.2) is 41.4 Å². The summed E-state index contributed by atoms with van der Waals surface area (Å²) in [5.74, 6) is 1.71. The van der Waals surface area contributed by atoms with Gasteiger partial charge in [-0.1, -0.05) is 17.7 Å². The van der Waals surface area contributed by atoms with Gasteiger partial charge in [-0.25, -0.2) is 4.68 Å². The van der Waals surface area contributed by atoms with E-state index in [1.54, 1.807) is 0 Å². The minimum absolute atomic E-state index is 0.545. The highest BCUT2D eigenvalue weighted by atomic mass is 35.5. The zero-order valence-corrected chi connectivity index (χ0v) is 14.5. The van der Waals surface area contributed by atoms with E-state index in [0.717, 1.165) is 30.2 Å². The Hall–Kier alpha value is -1.52. The number of fused-ring (bicyclic) bond motifs is 1. The quantitative estimate of drug-likeness (QED) is 0.913. The molecule has 1 saturated heterocycles. The van der Waals surface area contributed by atoms with Gasteiger partial charge in [0.25, 0.3) is 0 Å². The van der Waals surface area contributed by atoms with E-state index >= 15 is 0 Å². The van der Waals surface area contributed by atoms with Gasteiger partial charge >= 0.3 is 0 Å². The van der Waals surface area contributed by atoms with Crippen molar-refractivity contribution in [1.29, 1.82) is 0 Å². The van der Waals surface area contributed by atoms with Gasteiger partial charge < -0.3 is 10.2 Å². The summed E-state index contributed by atoms with van der Waals surface area (Å²) < 4.78 is 2.08. The molecule has 0 bridgehead atoms. The number of likely N-dealkylation sites (tertiary alicyclic amines) is 1. The van der Waals surface area contributed by atoms with E-state index in [2.05, 4.69) is 34.9 Å². The number of hydrogen-bond donors (Lipinski definition) is 1. The molecule has 0 spiro atoms. The van der Waals surface area contributed by atoms with Gasteiger partial charge in [0.05, 0.1) is 11.4 Å². The lowest BCUT2D eigenvalue weighted by Gasteiger charge is -2.29. The molecular weight excluding hydrogens is 308 g/mol. The SMILES string of the molecule is Cc1ccc(Cl)cc1-n1nc(C2CCCN(C)C2)c2c1NCC2. The molecule has 122 valence electrons. The number of halogens is 1. The number of piperidine rings is 1. The molecule has 2 aliphatic heterocycles. The second-order valence-electron chi connectivity index (χ2n) is 6.83. The number of aryl methyl sites for hydroxylation is 1. The van der Waals surface area contributed by atoms with Crippen LogP contribution in [-0.2, 0) is 6.42 Å². The third kappa shape index (κ3) is 2.64. The van der Waals surface area contributed by atoms with Crippen molar-refractivity contribution in [2.75, 3.05) is 32.0 Å². The van der Waals surface area contributed by atoms with E-state index in [1.165, 1.54) is 42.0 Å². The number of likely N-dealkylation sites (N-methyl/N-ethyl adjacent to an activating group) is 1. The van der Waals surface area contributed by atoms with Crippen molar-refractivity contribution >= 4 is 17.4 Å². The third-order valence-corrected chi connectivity index (χ3v) is 5.33. The molecule has 1 aromatic carbocycles. The summed E-state index contributed by atoms with van der Waals surface area (Å²) in [6, 6.07) is 6.02. The van der Waals surface area contributed by atoms with Crippen LogP contribution in [0.4, 0.5) is 5.82 Å². The largest absolute Gasteiger partial charge is 0.369 e. The second-order valence-corrected chi connectivity index (χ2v) is 7.27. The predicted octanol–water partition coefficient (Wildman–Crippen LogP) is 3.61. The first-order valence-electron chi connectivity index (χ1n) is 8.44.